The minimum Gasteiger partial charge on any atom is -0.481 e. The lowest BCUT2D eigenvalue weighted by Crippen LogP contribution is -2.22. The topological polar surface area (TPSA) is 21.3 Å². The number of hydrogen-bond donors (Lipinski definition) is 1. The molecule has 2 nitrogen and oxygen atoms in total. The van der Waals surface area contributed by atoms with Crippen molar-refractivity contribution in [2.45, 2.75) is 19.4 Å². The molecule has 1 aliphatic rings. The number of nitrogens with one attached hydrogen (secondary N) is 1. The van der Waals surface area contributed by atoms with E-state index in [1.807, 2.05) is 37.3 Å². The summed E-state index contributed by atoms with van der Waals surface area (Å²) in [6, 6.07) is 13.0. The van der Waals surface area contributed by atoms with Gasteiger partial charge in [-0.05, 0) is 37.1 Å². The molecule has 1 heterocycles. The maximum absolute atomic E-state index is 14.2. The molecule has 116 valence electrons. The van der Waals surface area contributed by atoms with E-state index in [2.05, 4.69) is 5.32 Å². The lowest BCUT2D eigenvalue weighted by Gasteiger charge is -2.26. The Kier molecular flexibility index (Phi) is 4.65. The normalized spacial score (nSPS) is 19.1. The summed E-state index contributed by atoms with van der Waals surface area (Å²) in [5.74, 6) is 0.0447. The standard InChI is InChI=1S/C18H19ClFNO/c1-12-7-8-15(20)18(16(12)19)22-17(14-9-10-21-11-14)13-5-3-2-4-6-13/h2-8,14,17,21H,9-11H2,1H3/t14-,17-/m0/s1. The predicted molar refractivity (Wildman–Crippen MR) is 86.9 cm³/mol. The molecule has 0 amide bonds. The van der Waals surface area contributed by atoms with E-state index >= 15 is 0 Å². The summed E-state index contributed by atoms with van der Waals surface area (Å²) in [4.78, 5) is 0. The Morgan fingerprint density at radius 1 is 1.23 bits per heavy atom. The molecule has 0 spiro atoms. The van der Waals surface area contributed by atoms with E-state index in [1.54, 1.807) is 6.07 Å². The highest BCUT2D eigenvalue weighted by Gasteiger charge is 2.29. The van der Waals surface area contributed by atoms with Crippen LogP contribution in [0.3, 0.4) is 0 Å². The molecule has 2 aromatic rings. The monoisotopic (exact) mass is 319 g/mol. The minimum atomic E-state index is -0.414. The maximum Gasteiger partial charge on any atom is 0.174 e. The second-order valence-electron chi connectivity index (χ2n) is 5.71. The Balaban J connectivity index is 1.95. The van der Waals surface area contributed by atoms with Gasteiger partial charge in [0.1, 0.15) is 6.10 Å². The Labute approximate surface area is 135 Å². The summed E-state index contributed by atoms with van der Waals surface area (Å²) in [7, 11) is 0. The third kappa shape index (κ3) is 3.11. The first-order valence-electron chi connectivity index (χ1n) is 7.53. The summed E-state index contributed by atoms with van der Waals surface area (Å²) in [6.07, 6.45) is 0.801. The molecular formula is C18H19ClFNO. The van der Waals surface area contributed by atoms with Gasteiger partial charge in [-0.2, -0.15) is 0 Å². The number of rotatable bonds is 4. The van der Waals surface area contributed by atoms with E-state index in [0.717, 1.165) is 30.6 Å². The first kappa shape index (κ1) is 15.3. The van der Waals surface area contributed by atoms with Crippen molar-refractivity contribution >= 4 is 11.6 Å². The molecule has 1 saturated heterocycles. The van der Waals surface area contributed by atoms with Gasteiger partial charge in [0.25, 0.3) is 0 Å². The molecule has 0 bridgehead atoms. The van der Waals surface area contributed by atoms with E-state index < -0.39 is 5.82 Å². The molecule has 1 aliphatic heterocycles. The van der Waals surface area contributed by atoms with Crippen LogP contribution in [0.5, 0.6) is 5.75 Å². The maximum atomic E-state index is 14.2. The SMILES string of the molecule is Cc1ccc(F)c(O[C@@H](c2ccccc2)[C@H]2CCNC2)c1Cl. The molecule has 0 saturated carbocycles. The quantitative estimate of drug-likeness (QED) is 0.894. The fourth-order valence-corrected chi connectivity index (χ4v) is 3.08. The van der Waals surface area contributed by atoms with Gasteiger partial charge in [-0.25, -0.2) is 4.39 Å². The fraction of sp³-hybridized carbons (Fsp3) is 0.333. The molecule has 0 unspecified atom stereocenters. The first-order chi connectivity index (χ1) is 10.7. The number of ether oxygens (including phenoxy) is 1. The summed E-state index contributed by atoms with van der Waals surface area (Å²) < 4.78 is 20.2. The zero-order valence-corrected chi connectivity index (χ0v) is 13.2. The number of benzene rings is 2. The van der Waals surface area contributed by atoms with Crippen molar-refractivity contribution in [1.29, 1.82) is 0 Å². The third-order valence-electron chi connectivity index (χ3n) is 4.14. The van der Waals surface area contributed by atoms with Crippen LogP contribution >= 0.6 is 11.6 Å². The molecule has 1 fully saturated rings. The van der Waals surface area contributed by atoms with Crippen LogP contribution in [0.2, 0.25) is 5.02 Å². The van der Waals surface area contributed by atoms with Crippen LogP contribution in [0.15, 0.2) is 42.5 Å². The second-order valence-corrected chi connectivity index (χ2v) is 6.09. The van der Waals surface area contributed by atoms with Gasteiger partial charge in [-0.1, -0.05) is 48.0 Å². The third-order valence-corrected chi connectivity index (χ3v) is 4.61. The van der Waals surface area contributed by atoms with Crippen LogP contribution in [0, 0.1) is 18.7 Å². The fourth-order valence-electron chi connectivity index (χ4n) is 2.88. The second kappa shape index (κ2) is 6.67. The van der Waals surface area contributed by atoms with Crippen molar-refractivity contribution in [3.05, 3.63) is 64.4 Å². The number of hydrogen-bond acceptors (Lipinski definition) is 2. The molecule has 2 atom stereocenters. The average Bonchev–Trinajstić information content (AvgIpc) is 3.06. The van der Waals surface area contributed by atoms with Crippen LogP contribution in [-0.4, -0.2) is 13.1 Å². The van der Waals surface area contributed by atoms with Gasteiger partial charge in [-0.3, -0.25) is 0 Å². The van der Waals surface area contributed by atoms with Crippen molar-refractivity contribution < 1.29 is 9.13 Å². The summed E-state index contributed by atoms with van der Waals surface area (Å²) in [5.41, 5.74) is 1.86. The van der Waals surface area contributed by atoms with Gasteiger partial charge in [-0.15, -0.1) is 0 Å². The zero-order valence-electron chi connectivity index (χ0n) is 12.5. The van der Waals surface area contributed by atoms with Gasteiger partial charge >= 0.3 is 0 Å². The van der Waals surface area contributed by atoms with Crippen LogP contribution < -0.4 is 10.1 Å². The molecular weight excluding hydrogens is 301 g/mol. The van der Waals surface area contributed by atoms with Crippen LogP contribution in [0.25, 0.3) is 0 Å². The highest BCUT2D eigenvalue weighted by atomic mass is 35.5. The number of halogens is 2. The lowest BCUT2D eigenvalue weighted by molar-refractivity contribution is 0.138. The Morgan fingerprint density at radius 3 is 2.68 bits per heavy atom. The molecule has 22 heavy (non-hydrogen) atoms. The molecule has 0 radical (unpaired) electrons. The van der Waals surface area contributed by atoms with Gasteiger partial charge in [0.15, 0.2) is 11.6 Å². The summed E-state index contributed by atoms with van der Waals surface area (Å²) >= 11 is 6.26. The van der Waals surface area contributed by atoms with E-state index in [4.69, 9.17) is 16.3 Å². The average molecular weight is 320 g/mol. The van der Waals surface area contributed by atoms with E-state index in [0.29, 0.717) is 10.9 Å². The van der Waals surface area contributed by atoms with Gasteiger partial charge in [0.2, 0.25) is 0 Å². The van der Waals surface area contributed by atoms with Crippen molar-refractivity contribution in [2.75, 3.05) is 13.1 Å². The summed E-state index contributed by atoms with van der Waals surface area (Å²) in [5, 5.41) is 3.70. The highest BCUT2D eigenvalue weighted by molar-refractivity contribution is 6.32. The van der Waals surface area contributed by atoms with Crippen molar-refractivity contribution in [3.8, 4) is 5.75 Å². The Bertz CT molecular complexity index is 641. The van der Waals surface area contributed by atoms with E-state index in [-0.39, 0.29) is 11.9 Å². The van der Waals surface area contributed by atoms with Crippen molar-refractivity contribution in [3.63, 3.8) is 0 Å². The van der Waals surface area contributed by atoms with Crippen LogP contribution in [-0.2, 0) is 0 Å². The van der Waals surface area contributed by atoms with Crippen LogP contribution in [0.1, 0.15) is 23.7 Å². The van der Waals surface area contributed by atoms with E-state index in [1.165, 1.54) is 6.07 Å². The highest BCUT2D eigenvalue weighted by Crippen LogP contribution is 2.38. The minimum absolute atomic E-state index is 0.155. The Hall–Kier alpha value is -1.58. The largest absolute Gasteiger partial charge is 0.481 e. The van der Waals surface area contributed by atoms with E-state index in [9.17, 15) is 4.39 Å². The molecule has 2 aromatic carbocycles. The van der Waals surface area contributed by atoms with Gasteiger partial charge < -0.3 is 10.1 Å². The molecule has 0 aromatic heterocycles. The first-order valence-corrected chi connectivity index (χ1v) is 7.91. The molecule has 4 heteroatoms. The smallest absolute Gasteiger partial charge is 0.174 e. The van der Waals surface area contributed by atoms with Crippen molar-refractivity contribution in [1.82, 2.24) is 5.32 Å². The Morgan fingerprint density at radius 2 is 2.00 bits per heavy atom. The molecule has 3 rings (SSSR count). The van der Waals surface area contributed by atoms with Gasteiger partial charge in [0.05, 0.1) is 5.02 Å². The number of aryl methyl sites for hydroxylation is 1. The molecule has 1 N–H and O–H groups in total. The summed E-state index contributed by atoms with van der Waals surface area (Å²) in [6.45, 7) is 3.68. The lowest BCUT2D eigenvalue weighted by atomic mass is 9.95. The predicted octanol–water partition coefficient (Wildman–Crippen LogP) is 4.52. The van der Waals surface area contributed by atoms with Gasteiger partial charge in [0, 0.05) is 12.5 Å². The zero-order chi connectivity index (χ0) is 15.5. The van der Waals surface area contributed by atoms with Crippen molar-refractivity contribution in [2.24, 2.45) is 5.92 Å². The molecule has 0 aliphatic carbocycles. The van der Waals surface area contributed by atoms with Crippen LogP contribution in [0.4, 0.5) is 4.39 Å².